The van der Waals surface area contributed by atoms with Gasteiger partial charge in [-0.1, -0.05) is 0 Å². The minimum absolute atomic E-state index is 0.0225. The zero-order chi connectivity index (χ0) is 13.5. The van der Waals surface area contributed by atoms with Gasteiger partial charge in [-0.15, -0.1) is 0 Å². The Kier molecular flexibility index (Phi) is 5.25. The van der Waals surface area contributed by atoms with Gasteiger partial charge < -0.3 is 19.6 Å². The van der Waals surface area contributed by atoms with E-state index in [-0.39, 0.29) is 24.5 Å². The fourth-order valence-corrected chi connectivity index (χ4v) is 1.06. The molecule has 0 aliphatic rings. The topological polar surface area (TPSA) is 88.8 Å². The van der Waals surface area contributed by atoms with E-state index in [9.17, 15) is 18.4 Å². The fourth-order valence-electron chi connectivity index (χ4n) is 1.06. The molecular formula is C10H11F2NO5. The van der Waals surface area contributed by atoms with Crippen LogP contribution < -0.4 is 5.32 Å². The highest BCUT2D eigenvalue weighted by Crippen LogP contribution is 2.07. The maximum atomic E-state index is 11.7. The van der Waals surface area contributed by atoms with E-state index >= 15 is 0 Å². The number of carboxylic acids is 1. The average Bonchev–Trinajstić information content (AvgIpc) is 2.77. The lowest BCUT2D eigenvalue weighted by Gasteiger charge is -2.04. The summed E-state index contributed by atoms with van der Waals surface area (Å²) in [6, 6.07) is 1.07. The third-order valence-electron chi connectivity index (χ3n) is 1.85. The average molecular weight is 263 g/mol. The number of hydrogen-bond donors (Lipinski definition) is 2. The molecule has 2 N–H and O–H groups in total. The van der Waals surface area contributed by atoms with Crippen molar-refractivity contribution in [2.24, 2.45) is 0 Å². The SMILES string of the molecule is O=C(O)c1coc(C(=O)NCCOCC(F)F)c1. The van der Waals surface area contributed by atoms with Gasteiger partial charge in [0.2, 0.25) is 0 Å². The van der Waals surface area contributed by atoms with E-state index in [0.717, 1.165) is 12.3 Å². The second kappa shape index (κ2) is 6.70. The van der Waals surface area contributed by atoms with Crippen molar-refractivity contribution in [3.05, 3.63) is 23.7 Å². The Labute approximate surface area is 101 Å². The molecule has 0 saturated heterocycles. The van der Waals surface area contributed by atoms with Gasteiger partial charge in [0.15, 0.2) is 5.76 Å². The van der Waals surface area contributed by atoms with E-state index < -0.39 is 24.9 Å². The first kappa shape index (κ1) is 14.1. The monoisotopic (exact) mass is 263 g/mol. The van der Waals surface area contributed by atoms with Crippen molar-refractivity contribution in [2.75, 3.05) is 19.8 Å². The Hall–Kier alpha value is -1.96. The number of hydrogen-bond acceptors (Lipinski definition) is 4. The molecule has 0 atom stereocenters. The predicted molar refractivity (Wildman–Crippen MR) is 54.8 cm³/mol. The van der Waals surface area contributed by atoms with Gasteiger partial charge >= 0.3 is 5.97 Å². The number of carboxylic acid groups (broad SMARTS) is 1. The zero-order valence-electron chi connectivity index (χ0n) is 9.19. The van der Waals surface area contributed by atoms with Gasteiger partial charge in [0, 0.05) is 12.6 Å². The first-order valence-corrected chi connectivity index (χ1v) is 4.96. The van der Waals surface area contributed by atoms with Crippen molar-refractivity contribution >= 4 is 11.9 Å². The largest absolute Gasteiger partial charge is 0.478 e. The van der Waals surface area contributed by atoms with Crippen molar-refractivity contribution < 1.29 is 32.6 Å². The van der Waals surface area contributed by atoms with Crippen LogP contribution in [0.5, 0.6) is 0 Å². The number of halogens is 2. The zero-order valence-corrected chi connectivity index (χ0v) is 9.19. The molecule has 1 aromatic rings. The van der Waals surface area contributed by atoms with Crippen LogP contribution in [0.1, 0.15) is 20.9 Å². The molecule has 0 aromatic carbocycles. The molecule has 18 heavy (non-hydrogen) atoms. The molecule has 0 aliphatic heterocycles. The number of carbonyl (C=O) groups excluding carboxylic acids is 1. The lowest BCUT2D eigenvalue weighted by Crippen LogP contribution is -2.27. The van der Waals surface area contributed by atoms with Gasteiger partial charge in [0.25, 0.3) is 12.3 Å². The molecule has 0 radical (unpaired) electrons. The van der Waals surface area contributed by atoms with Crippen LogP contribution in [0.2, 0.25) is 0 Å². The molecule has 1 heterocycles. The van der Waals surface area contributed by atoms with Crippen LogP contribution in [0, 0.1) is 0 Å². The van der Waals surface area contributed by atoms with Crippen molar-refractivity contribution in [2.45, 2.75) is 6.43 Å². The smallest absolute Gasteiger partial charge is 0.338 e. The first-order chi connectivity index (χ1) is 8.50. The normalized spacial score (nSPS) is 10.6. The Bertz CT molecular complexity index is 418. The summed E-state index contributed by atoms with van der Waals surface area (Å²) >= 11 is 0. The van der Waals surface area contributed by atoms with E-state index in [4.69, 9.17) is 9.52 Å². The molecule has 0 unspecified atom stereocenters. The Balaban J connectivity index is 2.30. The van der Waals surface area contributed by atoms with E-state index in [1.165, 1.54) is 0 Å². The quantitative estimate of drug-likeness (QED) is 0.716. The molecule has 0 spiro atoms. The molecule has 0 fully saturated rings. The lowest BCUT2D eigenvalue weighted by molar-refractivity contribution is 0.0187. The Morgan fingerprint density at radius 3 is 2.78 bits per heavy atom. The number of furan rings is 1. The molecule has 8 heteroatoms. The molecular weight excluding hydrogens is 252 g/mol. The molecule has 0 bridgehead atoms. The highest BCUT2D eigenvalue weighted by molar-refractivity contribution is 5.95. The molecule has 0 aliphatic carbocycles. The third-order valence-corrected chi connectivity index (χ3v) is 1.85. The molecule has 0 saturated carbocycles. The van der Waals surface area contributed by atoms with Crippen molar-refractivity contribution in [1.82, 2.24) is 5.32 Å². The number of alkyl halides is 2. The number of ether oxygens (including phenoxy) is 1. The Morgan fingerprint density at radius 1 is 1.50 bits per heavy atom. The van der Waals surface area contributed by atoms with Gasteiger partial charge in [0.1, 0.15) is 12.9 Å². The number of aromatic carboxylic acids is 1. The minimum atomic E-state index is -2.55. The number of rotatable bonds is 7. The van der Waals surface area contributed by atoms with Crippen LogP contribution in [-0.4, -0.2) is 43.2 Å². The summed E-state index contributed by atoms with van der Waals surface area (Å²) in [4.78, 5) is 21.9. The van der Waals surface area contributed by atoms with Gasteiger partial charge in [0.05, 0.1) is 12.2 Å². The number of amides is 1. The summed E-state index contributed by atoms with van der Waals surface area (Å²) in [6.07, 6.45) is -1.62. The van der Waals surface area contributed by atoms with Crippen molar-refractivity contribution in [3.8, 4) is 0 Å². The van der Waals surface area contributed by atoms with E-state index in [2.05, 4.69) is 10.1 Å². The van der Waals surface area contributed by atoms with Crippen LogP contribution in [0.25, 0.3) is 0 Å². The minimum Gasteiger partial charge on any atom is -0.478 e. The fraction of sp³-hybridized carbons (Fsp3) is 0.400. The van der Waals surface area contributed by atoms with Crippen LogP contribution in [0.4, 0.5) is 8.78 Å². The summed E-state index contributed by atoms with van der Waals surface area (Å²) < 4.78 is 32.6. The lowest BCUT2D eigenvalue weighted by atomic mass is 10.3. The maximum Gasteiger partial charge on any atom is 0.338 e. The summed E-state index contributed by atoms with van der Waals surface area (Å²) in [5.74, 6) is -2.01. The number of nitrogens with one attached hydrogen (secondary N) is 1. The van der Waals surface area contributed by atoms with Gasteiger partial charge in [-0.05, 0) is 0 Å². The predicted octanol–water partition coefficient (Wildman–Crippen LogP) is 0.989. The molecule has 100 valence electrons. The molecule has 1 amide bonds. The van der Waals surface area contributed by atoms with Gasteiger partial charge in [-0.3, -0.25) is 4.79 Å². The summed E-state index contributed by atoms with van der Waals surface area (Å²) in [6.45, 7) is -0.739. The van der Waals surface area contributed by atoms with Crippen LogP contribution in [0.15, 0.2) is 16.7 Å². The highest BCUT2D eigenvalue weighted by Gasteiger charge is 2.14. The van der Waals surface area contributed by atoms with Crippen molar-refractivity contribution in [3.63, 3.8) is 0 Å². The second-order valence-corrected chi connectivity index (χ2v) is 3.23. The third kappa shape index (κ3) is 4.50. The Morgan fingerprint density at radius 2 is 2.22 bits per heavy atom. The van der Waals surface area contributed by atoms with Gasteiger partial charge in [-0.25, -0.2) is 13.6 Å². The molecule has 6 nitrogen and oxygen atoms in total. The molecule has 1 aromatic heterocycles. The van der Waals surface area contributed by atoms with E-state index in [1.807, 2.05) is 0 Å². The second-order valence-electron chi connectivity index (χ2n) is 3.23. The van der Waals surface area contributed by atoms with E-state index in [0.29, 0.717) is 0 Å². The maximum absolute atomic E-state index is 11.7. The number of carbonyl (C=O) groups is 2. The van der Waals surface area contributed by atoms with Crippen LogP contribution >= 0.6 is 0 Å². The standard InChI is InChI=1S/C10H11F2NO5/c11-8(12)5-17-2-1-13-9(14)7-3-6(4-18-7)10(15)16/h3-4,8H,1-2,5H2,(H,13,14)(H,15,16). The highest BCUT2D eigenvalue weighted by atomic mass is 19.3. The van der Waals surface area contributed by atoms with E-state index in [1.54, 1.807) is 0 Å². The summed E-state index contributed by atoms with van der Waals surface area (Å²) in [7, 11) is 0. The molecule has 1 rings (SSSR count). The first-order valence-electron chi connectivity index (χ1n) is 4.96. The van der Waals surface area contributed by atoms with Crippen molar-refractivity contribution in [1.29, 1.82) is 0 Å². The summed E-state index contributed by atoms with van der Waals surface area (Å²) in [5.41, 5.74) is -0.144. The van der Waals surface area contributed by atoms with Gasteiger partial charge in [-0.2, -0.15) is 0 Å². The van der Waals surface area contributed by atoms with Crippen LogP contribution in [0.3, 0.4) is 0 Å². The van der Waals surface area contributed by atoms with Crippen LogP contribution in [-0.2, 0) is 4.74 Å². The summed E-state index contributed by atoms with van der Waals surface area (Å²) in [5, 5.41) is 10.9.